The highest BCUT2D eigenvalue weighted by atomic mass is 16.5. The van der Waals surface area contributed by atoms with Crippen LogP contribution in [0.5, 0.6) is 0 Å². The van der Waals surface area contributed by atoms with Gasteiger partial charge in [-0.25, -0.2) is 0 Å². The monoisotopic (exact) mass is 304 g/mol. The highest BCUT2D eigenvalue weighted by molar-refractivity contribution is 5.77. The van der Waals surface area contributed by atoms with Crippen molar-refractivity contribution in [3.8, 4) is 0 Å². The first-order chi connectivity index (χ1) is 10.4. The van der Waals surface area contributed by atoms with Gasteiger partial charge in [0.05, 0.1) is 13.2 Å². The molecule has 22 heavy (non-hydrogen) atoms. The second-order valence-electron chi connectivity index (χ2n) is 7.23. The SMILES string of the molecule is CC(C)(C)CN(Cc1ccccc1)C(=O)CC1COCCN1. The van der Waals surface area contributed by atoms with Gasteiger partial charge in [-0.05, 0) is 11.0 Å². The van der Waals surface area contributed by atoms with E-state index < -0.39 is 0 Å². The second kappa shape index (κ2) is 7.75. The van der Waals surface area contributed by atoms with Gasteiger partial charge in [-0.1, -0.05) is 51.1 Å². The number of benzene rings is 1. The fraction of sp³-hybridized carbons (Fsp3) is 0.611. The Bertz CT molecular complexity index is 462. The number of hydrogen-bond donors (Lipinski definition) is 1. The summed E-state index contributed by atoms with van der Waals surface area (Å²) < 4.78 is 5.45. The maximum absolute atomic E-state index is 12.7. The molecule has 1 amide bonds. The van der Waals surface area contributed by atoms with E-state index in [2.05, 4.69) is 38.2 Å². The standard InChI is InChI=1S/C18H28N2O2/c1-18(2,3)14-20(12-15-7-5-4-6-8-15)17(21)11-16-13-22-10-9-19-16/h4-8,16,19H,9-14H2,1-3H3. The van der Waals surface area contributed by atoms with Crippen LogP contribution in [0.4, 0.5) is 0 Å². The number of morpholine rings is 1. The Kier molecular flexibility index (Phi) is 5.98. The molecule has 2 rings (SSSR count). The number of hydrogen-bond acceptors (Lipinski definition) is 3. The van der Waals surface area contributed by atoms with Gasteiger partial charge in [-0.15, -0.1) is 0 Å². The molecule has 0 radical (unpaired) electrons. The molecule has 1 aliphatic rings. The molecule has 0 aliphatic carbocycles. The highest BCUT2D eigenvalue weighted by Crippen LogP contribution is 2.18. The van der Waals surface area contributed by atoms with Crippen LogP contribution in [0.15, 0.2) is 30.3 Å². The van der Waals surface area contributed by atoms with Crippen molar-refractivity contribution in [2.75, 3.05) is 26.3 Å². The van der Waals surface area contributed by atoms with Gasteiger partial charge in [0.2, 0.25) is 5.91 Å². The van der Waals surface area contributed by atoms with Gasteiger partial charge in [0, 0.05) is 32.1 Å². The van der Waals surface area contributed by atoms with E-state index in [9.17, 15) is 4.79 Å². The summed E-state index contributed by atoms with van der Waals surface area (Å²) in [6.45, 7) is 10.1. The van der Waals surface area contributed by atoms with Crippen molar-refractivity contribution in [1.82, 2.24) is 10.2 Å². The number of carbonyl (C=O) groups is 1. The summed E-state index contributed by atoms with van der Waals surface area (Å²) in [5.74, 6) is 0.196. The van der Waals surface area contributed by atoms with Crippen molar-refractivity contribution in [3.63, 3.8) is 0 Å². The molecule has 1 aromatic carbocycles. The normalized spacial score (nSPS) is 19.0. The molecule has 1 fully saturated rings. The average molecular weight is 304 g/mol. The van der Waals surface area contributed by atoms with Gasteiger partial charge in [0.25, 0.3) is 0 Å². The van der Waals surface area contributed by atoms with Gasteiger partial charge >= 0.3 is 0 Å². The molecule has 1 heterocycles. The van der Waals surface area contributed by atoms with Crippen molar-refractivity contribution in [3.05, 3.63) is 35.9 Å². The third-order valence-electron chi connectivity index (χ3n) is 3.65. The molecule has 1 unspecified atom stereocenters. The molecule has 1 aromatic rings. The van der Waals surface area contributed by atoms with E-state index in [1.807, 2.05) is 23.1 Å². The quantitative estimate of drug-likeness (QED) is 0.908. The number of ether oxygens (including phenoxy) is 1. The van der Waals surface area contributed by atoms with Crippen LogP contribution in [0.25, 0.3) is 0 Å². The summed E-state index contributed by atoms with van der Waals surface area (Å²) in [7, 11) is 0. The highest BCUT2D eigenvalue weighted by Gasteiger charge is 2.24. The zero-order valence-corrected chi connectivity index (χ0v) is 14.0. The predicted molar refractivity (Wildman–Crippen MR) is 88.5 cm³/mol. The molecule has 1 saturated heterocycles. The first-order valence-electron chi connectivity index (χ1n) is 8.07. The van der Waals surface area contributed by atoms with E-state index >= 15 is 0 Å². The van der Waals surface area contributed by atoms with Crippen LogP contribution in [0.2, 0.25) is 0 Å². The lowest BCUT2D eigenvalue weighted by Crippen LogP contribution is -2.46. The summed E-state index contributed by atoms with van der Waals surface area (Å²) in [6.07, 6.45) is 0.503. The summed E-state index contributed by atoms with van der Waals surface area (Å²) in [5, 5.41) is 3.36. The smallest absolute Gasteiger partial charge is 0.224 e. The molecule has 0 saturated carbocycles. The Morgan fingerprint density at radius 2 is 2.05 bits per heavy atom. The third-order valence-corrected chi connectivity index (χ3v) is 3.65. The second-order valence-corrected chi connectivity index (χ2v) is 7.23. The molecule has 1 atom stereocenters. The van der Waals surface area contributed by atoms with E-state index in [-0.39, 0.29) is 17.4 Å². The van der Waals surface area contributed by atoms with Crippen molar-refractivity contribution in [2.45, 2.75) is 39.8 Å². The number of nitrogens with one attached hydrogen (secondary N) is 1. The summed E-state index contributed by atoms with van der Waals surface area (Å²) in [5.41, 5.74) is 1.26. The van der Waals surface area contributed by atoms with Crippen LogP contribution in [-0.2, 0) is 16.1 Å². The van der Waals surface area contributed by atoms with Crippen LogP contribution < -0.4 is 5.32 Å². The van der Waals surface area contributed by atoms with Crippen molar-refractivity contribution >= 4 is 5.91 Å². The number of nitrogens with zero attached hydrogens (tertiary/aromatic N) is 1. The molecule has 0 bridgehead atoms. The maximum Gasteiger partial charge on any atom is 0.224 e. The molecule has 4 heteroatoms. The maximum atomic E-state index is 12.7. The summed E-state index contributed by atoms with van der Waals surface area (Å²) in [4.78, 5) is 14.7. The molecular weight excluding hydrogens is 276 g/mol. The molecule has 0 aromatic heterocycles. The zero-order valence-electron chi connectivity index (χ0n) is 14.0. The van der Waals surface area contributed by atoms with Crippen LogP contribution >= 0.6 is 0 Å². The van der Waals surface area contributed by atoms with Crippen molar-refractivity contribution in [2.24, 2.45) is 5.41 Å². The Balaban J connectivity index is 2.00. The van der Waals surface area contributed by atoms with E-state index in [1.54, 1.807) is 0 Å². The number of amides is 1. The van der Waals surface area contributed by atoms with Crippen molar-refractivity contribution < 1.29 is 9.53 Å². The number of carbonyl (C=O) groups excluding carboxylic acids is 1. The summed E-state index contributed by atoms with van der Waals surface area (Å²) in [6, 6.07) is 10.3. The van der Waals surface area contributed by atoms with Crippen LogP contribution in [0.3, 0.4) is 0 Å². The molecule has 1 N–H and O–H groups in total. The lowest BCUT2D eigenvalue weighted by molar-refractivity contribution is -0.134. The molecular formula is C18H28N2O2. The Labute approximate surface area is 133 Å². The Hall–Kier alpha value is -1.39. The minimum absolute atomic E-state index is 0.0843. The summed E-state index contributed by atoms with van der Waals surface area (Å²) >= 11 is 0. The van der Waals surface area contributed by atoms with E-state index in [0.717, 1.165) is 19.7 Å². The van der Waals surface area contributed by atoms with Gasteiger partial charge in [0.1, 0.15) is 0 Å². The van der Waals surface area contributed by atoms with Crippen LogP contribution in [0.1, 0.15) is 32.8 Å². The minimum Gasteiger partial charge on any atom is -0.378 e. The van der Waals surface area contributed by atoms with Gasteiger partial charge in [0.15, 0.2) is 0 Å². The fourth-order valence-corrected chi connectivity index (χ4v) is 2.70. The van der Waals surface area contributed by atoms with E-state index in [0.29, 0.717) is 19.6 Å². The average Bonchev–Trinajstić information content (AvgIpc) is 2.47. The van der Waals surface area contributed by atoms with E-state index in [4.69, 9.17) is 4.74 Å². The lowest BCUT2D eigenvalue weighted by Gasteiger charge is -2.32. The third kappa shape index (κ3) is 5.78. The Morgan fingerprint density at radius 1 is 1.32 bits per heavy atom. The van der Waals surface area contributed by atoms with Gasteiger partial charge < -0.3 is 15.0 Å². The Morgan fingerprint density at radius 3 is 2.64 bits per heavy atom. The first kappa shape index (κ1) is 17.0. The first-order valence-corrected chi connectivity index (χ1v) is 8.07. The topological polar surface area (TPSA) is 41.6 Å². The van der Waals surface area contributed by atoms with Gasteiger partial charge in [-0.3, -0.25) is 4.79 Å². The fourth-order valence-electron chi connectivity index (χ4n) is 2.70. The number of rotatable bonds is 5. The van der Waals surface area contributed by atoms with Crippen molar-refractivity contribution in [1.29, 1.82) is 0 Å². The van der Waals surface area contributed by atoms with Gasteiger partial charge in [-0.2, -0.15) is 0 Å². The zero-order chi connectivity index (χ0) is 16.0. The molecule has 1 aliphatic heterocycles. The van der Waals surface area contributed by atoms with Crippen LogP contribution in [0, 0.1) is 5.41 Å². The van der Waals surface area contributed by atoms with Crippen LogP contribution in [-0.4, -0.2) is 43.2 Å². The largest absolute Gasteiger partial charge is 0.378 e. The lowest BCUT2D eigenvalue weighted by atomic mass is 9.95. The van der Waals surface area contributed by atoms with E-state index in [1.165, 1.54) is 5.56 Å². The molecule has 122 valence electrons. The molecule has 4 nitrogen and oxygen atoms in total. The molecule has 0 spiro atoms. The minimum atomic E-state index is 0.0843. The predicted octanol–water partition coefficient (Wildman–Crippen LogP) is 2.44.